The second-order valence-electron chi connectivity index (χ2n) is 7.43. The maximum absolute atomic E-state index is 12.9. The number of hydrogen-bond acceptors (Lipinski definition) is 5. The molecule has 1 fully saturated rings. The van der Waals surface area contributed by atoms with E-state index in [1.54, 1.807) is 23.1 Å². The third kappa shape index (κ3) is 4.62. The lowest BCUT2D eigenvalue weighted by Gasteiger charge is -2.18. The number of hydrogen-bond donors (Lipinski definition) is 1. The molecule has 158 valence electrons. The highest BCUT2D eigenvalue weighted by Gasteiger charge is 2.37. The van der Waals surface area contributed by atoms with Crippen molar-refractivity contribution in [2.75, 3.05) is 30.5 Å². The summed E-state index contributed by atoms with van der Waals surface area (Å²) in [7, 11) is 1.29. The van der Waals surface area contributed by atoms with E-state index in [1.807, 2.05) is 39.0 Å². The van der Waals surface area contributed by atoms with Crippen LogP contribution >= 0.6 is 0 Å². The Morgan fingerprint density at radius 2 is 1.83 bits per heavy atom. The highest BCUT2D eigenvalue weighted by atomic mass is 16.6. The van der Waals surface area contributed by atoms with Gasteiger partial charge in [-0.1, -0.05) is 6.07 Å². The molecule has 0 spiro atoms. The summed E-state index contributed by atoms with van der Waals surface area (Å²) < 4.78 is 9.89. The SMILES string of the molecule is COC(=O)COc1ccc(NC(=O)C2CCN(c3ccc(C)c(C)c3)C2=O)c(C)c1. The first-order chi connectivity index (χ1) is 14.3. The topological polar surface area (TPSA) is 84.9 Å². The van der Waals surface area contributed by atoms with Crippen LogP contribution < -0.4 is 15.0 Å². The zero-order valence-electron chi connectivity index (χ0n) is 17.7. The van der Waals surface area contributed by atoms with Gasteiger partial charge in [-0.05, 0) is 74.2 Å². The van der Waals surface area contributed by atoms with Gasteiger partial charge in [-0.2, -0.15) is 0 Å². The van der Waals surface area contributed by atoms with Gasteiger partial charge in [0.15, 0.2) is 6.61 Å². The number of carbonyl (C=O) groups excluding carboxylic acids is 3. The molecule has 0 aromatic heterocycles. The lowest BCUT2D eigenvalue weighted by molar-refractivity contribution is -0.143. The van der Waals surface area contributed by atoms with Gasteiger partial charge in [-0.15, -0.1) is 0 Å². The van der Waals surface area contributed by atoms with Gasteiger partial charge in [-0.25, -0.2) is 4.79 Å². The number of amides is 2. The number of esters is 1. The van der Waals surface area contributed by atoms with Gasteiger partial charge in [0.05, 0.1) is 7.11 Å². The minimum Gasteiger partial charge on any atom is -0.482 e. The Bertz CT molecular complexity index is 986. The van der Waals surface area contributed by atoms with E-state index in [2.05, 4.69) is 10.1 Å². The first-order valence-electron chi connectivity index (χ1n) is 9.80. The summed E-state index contributed by atoms with van der Waals surface area (Å²) in [6.07, 6.45) is 0.469. The van der Waals surface area contributed by atoms with Crippen molar-refractivity contribution in [1.82, 2.24) is 0 Å². The zero-order valence-corrected chi connectivity index (χ0v) is 17.7. The lowest BCUT2D eigenvalue weighted by Crippen LogP contribution is -2.33. The Morgan fingerprint density at radius 1 is 1.07 bits per heavy atom. The normalized spacial score (nSPS) is 15.8. The molecule has 7 nitrogen and oxygen atoms in total. The lowest BCUT2D eigenvalue weighted by atomic mass is 10.1. The smallest absolute Gasteiger partial charge is 0.343 e. The summed E-state index contributed by atoms with van der Waals surface area (Å²) in [5, 5.41) is 2.84. The second-order valence-corrected chi connectivity index (χ2v) is 7.43. The van der Waals surface area contributed by atoms with Crippen LogP contribution in [0.15, 0.2) is 36.4 Å². The van der Waals surface area contributed by atoms with E-state index in [1.165, 1.54) is 7.11 Å². The summed E-state index contributed by atoms with van der Waals surface area (Å²) in [6, 6.07) is 10.9. The molecule has 0 radical (unpaired) electrons. The van der Waals surface area contributed by atoms with Crippen LogP contribution in [-0.4, -0.2) is 38.0 Å². The zero-order chi connectivity index (χ0) is 21.8. The Kier molecular flexibility index (Phi) is 6.40. The number of benzene rings is 2. The molecule has 30 heavy (non-hydrogen) atoms. The number of carbonyl (C=O) groups is 3. The van der Waals surface area contributed by atoms with Crippen LogP contribution in [0.5, 0.6) is 5.75 Å². The van der Waals surface area contributed by atoms with Crippen molar-refractivity contribution in [2.24, 2.45) is 5.92 Å². The molecule has 2 amide bonds. The molecule has 1 N–H and O–H groups in total. The summed E-state index contributed by atoms with van der Waals surface area (Å²) in [4.78, 5) is 38.5. The third-order valence-electron chi connectivity index (χ3n) is 5.36. The van der Waals surface area contributed by atoms with Crippen molar-refractivity contribution in [3.05, 3.63) is 53.1 Å². The third-order valence-corrected chi connectivity index (χ3v) is 5.36. The standard InChI is InChI=1S/C23H26N2O5/c1-14-5-6-17(11-15(14)2)25-10-9-19(23(25)28)22(27)24-20-8-7-18(12-16(20)3)30-13-21(26)29-4/h5-8,11-12,19H,9-10,13H2,1-4H3,(H,24,27). The van der Waals surface area contributed by atoms with Gasteiger partial charge in [0, 0.05) is 17.9 Å². The van der Waals surface area contributed by atoms with Crippen molar-refractivity contribution >= 4 is 29.2 Å². The van der Waals surface area contributed by atoms with Crippen molar-refractivity contribution in [1.29, 1.82) is 0 Å². The highest BCUT2D eigenvalue weighted by Crippen LogP contribution is 2.29. The van der Waals surface area contributed by atoms with Crippen LogP contribution in [0.3, 0.4) is 0 Å². The maximum atomic E-state index is 12.9. The fourth-order valence-electron chi connectivity index (χ4n) is 3.36. The molecule has 0 saturated carbocycles. The number of nitrogens with zero attached hydrogens (tertiary/aromatic N) is 1. The Balaban J connectivity index is 1.65. The van der Waals surface area contributed by atoms with Gasteiger partial charge in [0.25, 0.3) is 0 Å². The molecular formula is C23H26N2O5. The number of methoxy groups -OCH3 is 1. The van der Waals surface area contributed by atoms with E-state index in [0.29, 0.717) is 24.4 Å². The molecule has 3 rings (SSSR count). The van der Waals surface area contributed by atoms with E-state index < -0.39 is 11.9 Å². The fraction of sp³-hybridized carbons (Fsp3) is 0.348. The first-order valence-corrected chi connectivity index (χ1v) is 9.80. The molecule has 1 unspecified atom stereocenters. The van der Waals surface area contributed by atoms with Gasteiger partial charge in [-0.3, -0.25) is 9.59 Å². The molecule has 2 aromatic carbocycles. The van der Waals surface area contributed by atoms with Crippen LogP contribution in [0.25, 0.3) is 0 Å². The maximum Gasteiger partial charge on any atom is 0.343 e. The van der Waals surface area contributed by atoms with Gasteiger partial charge < -0.3 is 19.7 Å². The minimum absolute atomic E-state index is 0.188. The largest absolute Gasteiger partial charge is 0.482 e. The van der Waals surface area contributed by atoms with Crippen LogP contribution in [0.2, 0.25) is 0 Å². The number of rotatable bonds is 6. The van der Waals surface area contributed by atoms with E-state index in [0.717, 1.165) is 22.4 Å². The molecule has 7 heteroatoms. The van der Waals surface area contributed by atoms with Gasteiger partial charge >= 0.3 is 5.97 Å². The Hall–Kier alpha value is -3.35. The molecular weight excluding hydrogens is 384 g/mol. The number of anilines is 2. The molecule has 0 bridgehead atoms. The van der Waals surface area contributed by atoms with E-state index in [4.69, 9.17) is 4.74 Å². The Morgan fingerprint density at radius 3 is 2.50 bits per heavy atom. The van der Waals surface area contributed by atoms with Gasteiger partial charge in [0.2, 0.25) is 11.8 Å². The molecule has 1 aliphatic heterocycles. The fourth-order valence-corrected chi connectivity index (χ4v) is 3.36. The number of aryl methyl sites for hydroxylation is 3. The van der Waals surface area contributed by atoms with E-state index in [9.17, 15) is 14.4 Å². The summed E-state index contributed by atoms with van der Waals surface area (Å²) in [5.41, 5.74) is 4.46. The molecule has 1 heterocycles. The van der Waals surface area contributed by atoms with Crippen molar-refractivity contribution < 1.29 is 23.9 Å². The average molecular weight is 410 g/mol. The molecule has 0 aliphatic carbocycles. The Labute approximate surface area is 176 Å². The van der Waals surface area contributed by atoms with Gasteiger partial charge in [0.1, 0.15) is 11.7 Å². The first kappa shape index (κ1) is 21.4. The van der Waals surface area contributed by atoms with Crippen LogP contribution in [0, 0.1) is 26.7 Å². The second kappa shape index (κ2) is 8.98. The minimum atomic E-state index is -0.721. The van der Waals surface area contributed by atoms with Crippen LogP contribution in [0.4, 0.5) is 11.4 Å². The summed E-state index contributed by atoms with van der Waals surface area (Å²) >= 11 is 0. The predicted octanol–water partition coefficient (Wildman–Crippen LogP) is 3.16. The monoisotopic (exact) mass is 410 g/mol. The quantitative estimate of drug-likeness (QED) is 0.584. The number of nitrogens with one attached hydrogen (secondary N) is 1. The predicted molar refractivity (Wildman–Crippen MR) is 114 cm³/mol. The van der Waals surface area contributed by atoms with Crippen LogP contribution in [0.1, 0.15) is 23.1 Å². The summed E-state index contributed by atoms with van der Waals surface area (Å²) in [5.74, 6) is -1.21. The molecule has 2 aromatic rings. The summed E-state index contributed by atoms with van der Waals surface area (Å²) in [6.45, 7) is 6.17. The van der Waals surface area contributed by atoms with Crippen molar-refractivity contribution in [2.45, 2.75) is 27.2 Å². The molecule has 1 atom stereocenters. The van der Waals surface area contributed by atoms with Crippen LogP contribution in [-0.2, 0) is 19.1 Å². The van der Waals surface area contributed by atoms with E-state index >= 15 is 0 Å². The average Bonchev–Trinajstić information content (AvgIpc) is 3.11. The molecule has 1 saturated heterocycles. The molecule has 1 aliphatic rings. The van der Waals surface area contributed by atoms with E-state index in [-0.39, 0.29) is 18.4 Å². The highest BCUT2D eigenvalue weighted by molar-refractivity contribution is 6.13. The van der Waals surface area contributed by atoms with Crippen molar-refractivity contribution in [3.63, 3.8) is 0 Å². The number of ether oxygens (including phenoxy) is 2. The van der Waals surface area contributed by atoms with Crippen molar-refractivity contribution in [3.8, 4) is 5.75 Å².